The second-order valence-corrected chi connectivity index (χ2v) is 3.77. The van der Waals surface area contributed by atoms with Gasteiger partial charge < -0.3 is 10.0 Å². The molecule has 1 N–H and O–H groups in total. The topological polar surface area (TPSA) is 36.4 Å². The number of anilines is 1. The predicted octanol–water partition coefficient (Wildman–Crippen LogP) is 1.18. The smallest absolute Gasteiger partial charge is 0.141 e. The van der Waals surface area contributed by atoms with Crippen molar-refractivity contribution in [1.82, 2.24) is 4.98 Å². The highest BCUT2D eigenvalue weighted by Gasteiger charge is 2.39. The fourth-order valence-electron chi connectivity index (χ4n) is 1.60. The van der Waals surface area contributed by atoms with E-state index in [1.54, 1.807) is 6.07 Å². The van der Waals surface area contributed by atoms with E-state index in [0.29, 0.717) is 13.1 Å². The van der Waals surface area contributed by atoms with E-state index in [0.717, 1.165) is 12.2 Å². The highest BCUT2D eigenvalue weighted by atomic mass is 19.1. The quantitative estimate of drug-likeness (QED) is 0.771. The zero-order valence-electron chi connectivity index (χ0n) is 8.07. The van der Waals surface area contributed by atoms with Gasteiger partial charge in [-0.2, -0.15) is 0 Å². The van der Waals surface area contributed by atoms with Gasteiger partial charge in [0.15, 0.2) is 0 Å². The first kappa shape index (κ1) is 9.40. The second kappa shape index (κ2) is 3.20. The Kier molecular flexibility index (Phi) is 2.15. The number of aromatic nitrogens is 1. The Bertz CT molecular complexity index is 319. The minimum atomic E-state index is -0.573. The molecule has 0 bridgehead atoms. The number of rotatable bonds is 2. The van der Waals surface area contributed by atoms with Crippen molar-refractivity contribution >= 4 is 5.82 Å². The summed E-state index contributed by atoms with van der Waals surface area (Å²) in [4.78, 5) is 5.87. The van der Waals surface area contributed by atoms with E-state index in [9.17, 15) is 9.50 Å². The van der Waals surface area contributed by atoms with E-state index in [2.05, 4.69) is 4.98 Å². The average Bonchev–Trinajstić information content (AvgIpc) is 2.15. The van der Waals surface area contributed by atoms with Crippen molar-refractivity contribution in [3.05, 3.63) is 24.1 Å². The second-order valence-electron chi connectivity index (χ2n) is 3.77. The van der Waals surface area contributed by atoms with Gasteiger partial charge in [-0.15, -0.1) is 0 Å². The zero-order valence-corrected chi connectivity index (χ0v) is 8.07. The van der Waals surface area contributed by atoms with E-state index < -0.39 is 5.60 Å². The van der Waals surface area contributed by atoms with E-state index in [1.165, 1.54) is 12.3 Å². The van der Waals surface area contributed by atoms with E-state index in [-0.39, 0.29) is 5.82 Å². The summed E-state index contributed by atoms with van der Waals surface area (Å²) >= 11 is 0. The summed E-state index contributed by atoms with van der Waals surface area (Å²) in [6, 6.07) is 3.01. The number of β-amino-alcohol motifs (C(OH)–C–C–N with tert-alkyl or cyclic N) is 1. The highest BCUT2D eigenvalue weighted by molar-refractivity contribution is 5.43. The molecule has 2 heterocycles. The lowest BCUT2D eigenvalue weighted by atomic mass is 9.91. The van der Waals surface area contributed by atoms with Crippen molar-refractivity contribution < 1.29 is 9.50 Å². The molecule has 0 amide bonds. The predicted molar refractivity (Wildman–Crippen MR) is 51.6 cm³/mol. The molecule has 3 nitrogen and oxygen atoms in total. The Morgan fingerprint density at radius 3 is 2.79 bits per heavy atom. The van der Waals surface area contributed by atoms with Crippen LogP contribution >= 0.6 is 0 Å². The van der Waals surface area contributed by atoms with Crippen LogP contribution in [0, 0.1) is 5.82 Å². The molecule has 1 fully saturated rings. The van der Waals surface area contributed by atoms with Gasteiger partial charge in [0.1, 0.15) is 11.6 Å². The number of pyridine rings is 1. The first-order valence-electron chi connectivity index (χ1n) is 4.72. The number of hydrogen-bond acceptors (Lipinski definition) is 3. The molecule has 1 aromatic heterocycles. The zero-order chi connectivity index (χ0) is 10.2. The SMILES string of the molecule is CCC1(O)CN(c2ccc(F)cn2)C1. The van der Waals surface area contributed by atoms with E-state index in [4.69, 9.17) is 0 Å². The van der Waals surface area contributed by atoms with Crippen LogP contribution in [0.2, 0.25) is 0 Å². The van der Waals surface area contributed by atoms with Crippen molar-refractivity contribution in [3.63, 3.8) is 0 Å². The molecule has 0 unspecified atom stereocenters. The van der Waals surface area contributed by atoms with Crippen molar-refractivity contribution in [3.8, 4) is 0 Å². The summed E-state index contributed by atoms with van der Waals surface area (Å²) < 4.78 is 12.6. The van der Waals surface area contributed by atoms with Crippen molar-refractivity contribution in [2.75, 3.05) is 18.0 Å². The third kappa shape index (κ3) is 1.57. The van der Waals surface area contributed by atoms with Crippen LogP contribution in [0.4, 0.5) is 10.2 Å². The Morgan fingerprint density at radius 2 is 2.29 bits per heavy atom. The number of aliphatic hydroxyl groups is 1. The number of nitrogens with zero attached hydrogens (tertiary/aromatic N) is 2. The van der Waals surface area contributed by atoms with Crippen LogP contribution in [0.5, 0.6) is 0 Å². The Hall–Kier alpha value is -1.16. The first-order chi connectivity index (χ1) is 6.63. The normalized spacial score (nSPS) is 19.2. The average molecular weight is 196 g/mol. The monoisotopic (exact) mass is 196 g/mol. The molecule has 0 saturated carbocycles. The Morgan fingerprint density at radius 1 is 1.57 bits per heavy atom. The molecular weight excluding hydrogens is 183 g/mol. The van der Waals surface area contributed by atoms with Gasteiger partial charge in [0.05, 0.1) is 11.8 Å². The molecule has 4 heteroatoms. The van der Waals surface area contributed by atoms with Gasteiger partial charge in [-0.1, -0.05) is 6.92 Å². The molecule has 0 spiro atoms. The minimum absolute atomic E-state index is 0.333. The Labute approximate surface area is 82.2 Å². The maximum absolute atomic E-state index is 12.6. The van der Waals surface area contributed by atoms with Gasteiger partial charge in [0, 0.05) is 13.1 Å². The lowest BCUT2D eigenvalue weighted by Crippen LogP contribution is -2.61. The van der Waals surface area contributed by atoms with Crippen molar-refractivity contribution in [1.29, 1.82) is 0 Å². The summed E-state index contributed by atoms with van der Waals surface area (Å²) in [5.41, 5.74) is -0.573. The summed E-state index contributed by atoms with van der Waals surface area (Å²) in [6.07, 6.45) is 1.93. The molecule has 14 heavy (non-hydrogen) atoms. The van der Waals surface area contributed by atoms with Crippen LogP contribution in [0.3, 0.4) is 0 Å². The van der Waals surface area contributed by atoms with Crippen molar-refractivity contribution in [2.45, 2.75) is 18.9 Å². The lowest BCUT2D eigenvalue weighted by molar-refractivity contribution is 0.00806. The third-order valence-electron chi connectivity index (χ3n) is 2.66. The molecule has 76 valence electrons. The van der Waals surface area contributed by atoms with Gasteiger partial charge in [0.25, 0.3) is 0 Å². The fraction of sp³-hybridized carbons (Fsp3) is 0.500. The van der Waals surface area contributed by atoms with Crippen LogP contribution in [-0.4, -0.2) is 28.8 Å². The van der Waals surface area contributed by atoms with Gasteiger partial charge in [-0.05, 0) is 18.6 Å². The van der Waals surface area contributed by atoms with Crippen LogP contribution in [0.25, 0.3) is 0 Å². The van der Waals surface area contributed by atoms with Crippen LogP contribution in [0.15, 0.2) is 18.3 Å². The van der Waals surface area contributed by atoms with E-state index in [1.807, 2.05) is 11.8 Å². The fourth-order valence-corrected chi connectivity index (χ4v) is 1.60. The van der Waals surface area contributed by atoms with Gasteiger partial charge >= 0.3 is 0 Å². The van der Waals surface area contributed by atoms with Crippen LogP contribution in [0.1, 0.15) is 13.3 Å². The Balaban J connectivity index is 2.03. The van der Waals surface area contributed by atoms with Gasteiger partial charge in [0.2, 0.25) is 0 Å². The molecule has 1 aliphatic heterocycles. The molecule has 0 aromatic carbocycles. The van der Waals surface area contributed by atoms with Crippen molar-refractivity contribution in [2.24, 2.45) is 0 Å². The molecule has 1 aromatic rings. The molecule has 0 aliphatic carbocycles. The van der Waals surface area contributed by atoms with E-state index >= 15 is 0 Å². The first-order valence-corrected chi connectivity index (χ1v) is 4.72. The summed E-state index contributed by atoms with van der Waals surface area (Å²) in [7, 11) is 0. The minimum Gasteiger partial charge on any atom is -0.386 e. The highest BCUT2D eigenvalue weighted by Crippen LogP contribution is 2.28. The largest absolute Gasteiger partial charge is 0.386 e. The number of hydrogen-bond donors (Lipinski definition) is 1. The summed E-state index contributed by atoms with van der Waals surface area (Å²) in [5.74, 6) is 0.393. The molecule has 1 saturated heterocycles. The molecule has 0 radical (unpaired) electrons. The lowest BCUT2D eigenvalue weighted by Gasteiger charge is -2.46. The maximum Gasteiger partial charge on any atom is 0.141 e. The molecule has 0 atom stereocenters. The third-order valence-corrected chi connectivity index (χ3v) is 2.66. The molecule has 2 rings (SSSR count). The molecular formula is C10H13FN2O. The van der Waals surface area contributed by atoms with Crippen LogP contribution < -0.4 is 4.90 Å². The van der Waals surface area contributed by atoms with Crippen LogP contribution in [-0.2, 0) is 0 Å². The van der Waals surface area contributed by atoms with Gasteiger partial charge in [-0.3, -0.25) is 0 Å². The summed E-state index contributed by atoms with van der Waals surface area (Å²) in [6.45, 7) is 3.12. The standard InChI is InChI=1S/C10H13FN2O/c1-2-10(14)6-13(7-10)9-4-3-8(11)5-12-9/h3-5,14H,2,6-7H2,1H3. The number of halogens is 1. The summed E-state index contributed by atoms with van der Waals surface area (Å²) in [5, 5.41) is 9.76. The maximum atomic E-state index is 12.6. The molecule has 1 aliphatic rings. The van der Waals surface area contributed by atoms with Gasteiger partial charge in [-0.25, -0.2) is 9.37 Å².